The summed E-state index contributed by atoms with van der Waals surface area (Å²) in [6.45, 7) is 4.08. The zero-order chi connectivity index (χ0) is 29.0. The van der Waals surface area contributed by atoms with Gasteiger partial charge in [0.25, 0.3) is 6.01 Å². The van der Waals surface area contributed by atoms with Crippen LogP contribution in [0.4, 0.5) is 0 Å². The molecule has 5 aromatic rings. The Morgan fingerprint density at radius 1 is 1.02 bits per heavy atom. The van der Waals surface area contributed by atoms with Gasteiger partial charge in [-0.15, -0.1) is 0 Å². The van der Waals surface area contributed by atoms with Crippen molar-refractivity contribution >= 4 is 22.8 Å². The number of hydrogen-bond acceptors (Lipinski definition) is 9. The van der Waals surface area contributed by atoms with Gasteiger partial charge in [-0.1, -0.05) is 35.9 Å². The summed E-state index contributed by atoms with van der Waals surface area (Å²) in [5.41, 5.74) is 4.65. The highest BCUT2D eigenvalue weighted by atomic mass is 35.5. The predicted molar refractivity (Wildman–Crippen MR) is 155 cm³/mol. The van der Waals surface area contributed by atoms with E-state index >= 15 is 0 Å². The number of rotatable bonds is 7. The second kappa shape index (κ2) is 10.4. The molecule has 2 saturated heterocycles. The molecule has 2 aliphatic rings. The van der Waals surface area contributed by atoms with E-state index in [1.54, 1.807) is 37.0 Å². The molecule has 11 nitrogen and oxygen atoms in total. The zero-order valence-corrected chi connectivity index (χ0v) is 23.7. The molecule has 3 N–H and O–H groups in total. The fourth-order valence-corrected chi connectivity index (χ4v) is 5.69. The monoisotopic (exact) mass is 588 g/mol. The van der Waals surface area contributed by atoms with Gasteiger partial charge in [-0.05, 0) is 43.2 Å². The molecule has 0 radical (unpaired) electrons. The Morgan fingerprint density at radius 2 is 1.79 bits per heavy atom. The molecule has 2 fully saturated rings. The van der Waals surface area contributed by atoms with Crippen LogP contribution in [0.3, 0.4) is 0 Å². The number of halogens is 1. The fraction of sp³-hybridized carbons (Fsp3) is 0.333. The van der Waals surface area contributed by atoms with Crippen molar-refractivity contribution in [3.05, 3.63) is 71.6 Å². The third-order valence-corrected chi connectivity index (χ3v) is 7.68. The van der Waals surface area contributed by atoms with Gasteiger partial charge in [-0.3, -0.25) is 0 Å². The van der Waals surface area contributed by atoms with E-state index in [9.17, 15) is 10.2 Å². The molecule has 6 heterocycles. The number of pyridine rings is 2. The molecule has 0 bridgehead atoms. The molecule has 4 aromatic heterocycles. The Hall–Kier alpha value is -3.87. The first-order chi connectivity index (χ1) is 20.2. The van der Waals surface area contributed by atoms with E-state index < -0.39 is 11.7 Å². The van der Waals surface area contributed by atoms with Crippen LogP contribution in [0.5, 0.6) is 6.01 Å². The van der Waals surface area contributed by atoms with E-state index in [1.807, 2.05) is 42.6 Å². The Balaban J connectivity index is 1.07. The van der Waals surface area contributed by atoms with Crippen molar-refractivity contribution in [3.63, 3.8) is 0 Å². The summed E-state index contributed by atoms with van der Waals surface area (Å²) in [4.78, 5) is 16.9. The summed E-state index contributed by atoms with van der Waals surface area (Å²) in [6, 6.07) is 13.9. The molecule has 1 aromatic carbocycles. The molecule has 7 rings (SSSR count). The van der Waals surface area contributed by atoms with Crippen LogP contribution in [-0.4, -0.2) is 83.2 Å². The number of nitrogens with zero attached hydrogens (tertiary/aromatic N) is 5. The molecule has 216 valence electrons. The summed E-state index contributed by atoms with van der Waals surface area (Å²) in [5, 5.41) is 24.9. The molecule has 4 atom stereocenters. The molecular weight excluding hydrogens is 560 g/mol. The van der Waals surface area contributed by atoms with E-state index in [4.69, 9.17) is 30.8 Å². The Morgan fingerprint density at radius 3 is 2.55 bits per heavy atom. The molecule has 0 saturated carbocycles. The number of nitrogens with one attached hydrogen (secondary N) is 1. The van der Waals surface area contributed by atoms with Gasteiger partial charge >= 0.3 is 0 Å². The number of hydrogen-bond donors (Lipinski definition) is 3. The van der Waals surface area contributed by atoms with E-state index in [2.05, 4.69) is 20.1 Å². The lowest BCUT2D eigenvalue weighted by Crippen LogP contribution is -2.34. The largest absolute Gasteiger partial charge is 0.456 e. The minimum absolute atomic E-state index is 0.230. The average Bonchev–Trinajstić information content (AvgIpc) is 3.75. The van der Waals surface area contributed by atoms with Crippen molar-refractivity contribution in [1.29, 1.82) is 0 Å². The van der Waals surface area contributed by atoms with E-state index in [0.717, 1.165) is 22.3 Å². The molecule has 2 aliphatic heterocycles. The van der Waals surface area contributed by atoms with Crippen molar-refractivity contribution < 1.29 is 24.4 Å². The maximum Gasteiger partial charge on any atom is 0.296 e. The van der Waals surface area contributed by atoms with Gasteiger partial charge in [-0.2, -0.15) is 10.1 Å². The first-order valence-electron chi connectivity index (χ1n) is 13.7. The number of aromatic nitrogens is 6. The summed E-state index contributed by atoms with van der Waals surface area (Å²) in [6.07, 6.45) is 4.19. The maximum absolute atomic E-state index is 10.1. The third kappa shape index (κ3) is 5.25. The van der Waals surface area contributed by atoms with Crippen LogP contribution in [0.15, 0.2) is 61.1 Å². The van der Waals surface area contributed by atoms with Crippen LogP contribution in [0.1, 0.15) is 19.4 Å². The van der Waals surface area contributed by atoms with Crippen molar-refractivity contribution in [2.45, 2.75) is 50.3 Å². The number of H-pyrrole nitrogens is 1. The van der Waals surface area contributed by atoms with Crippen LogP contribution in [0, 0.1) is 0 Å². The second-order valence-electron chi connectivity index (χ2n) is 11.3. The Labute approximate surface area is 246 Å². The predicted octanol–water partition coefficient (Wildman–Crippen LogP) is 3.75. The first-order valence-corrected chi connectivity index (χ1v) is 14.1. The zero-order valence-electron chi connectivity index (χ0n) is 22.9. The van der Waals surface area contributed by atoms with Crippen LogP contribution >= 0.6 is 11.6 Å². The van der Waals surface area contributed by atoms with E-state index in [-0.39, 0.29) is 24.9 Å². The number of fused-ring (bicyclic) bond motifs is 2. The van der Waals surface area contributed by atoms with Gasteiger partial charge in [0.1, 0.15) is 18.3 Å². The standard InChI is InChI=1S/C30H29ClN6O5/c1-30(2,39)10-16-11-33-37(13-16)24-8-7-19(12-32-24)17-3-5-18(6-4-17)25-20(31)9-21-28(35-25)36-29(34-21)42-23-15-41-26-22(38)14-40-27(23)26/h3-9,11-13,22-23,26-27,38-39H,10,14-15H2,1-2H3,(H,34,35,36)/t22-,23?,26-,27-/m1/s1. The molecular formula is C30H29ClN6O5. The topological polar surface area (TPSA) is 140 Å². The SMILES string of the molecule is CC(C)(O)Cc1cnn(-c2ccc(-c3ccc(-c4nc5nc(OC6CO[C@@H]7[C@H](O)CO[C@H]67)[nH]c5cc4Cl)cc3)cn2)c1. The van der Waals surface area contributed by atoms with Gasteiger partial charge in [0.05, 0.1) is 41.2 Å². The highest BCUT2D eigenvalue weighted by Crippen LogP contribution is 2.33. The quantitative estimate of drug-likeness (QED) is 0.259. The summed E-state index contributed by atoms with van der Waals surface area (Å²) < 4.78 is 19.0. The van der Waals surface area contributed by atoms with Crippen molar-refractivity contribution in [3.8, 4) is 34.2 Å². The van der Waals surface area contributed by atoms with Gasteiger partial charge < -0.3 is 29.4 Å². The summed E-state index contributed by atoms with van der Waals surface area (Å²) in [5.74, 6) is 0.692. The Kier molecular flexibility index (Phi) is 6.71. The number of aliphatic hydroxyl groups excluding tert-OH is 1. The number of aromatic amines is 1. The lowest BCUT2D eigenvalue weighted by atomic mass is 10.0. The summed E-state index contributed by atoms with van der Waals surface area (Å²) in [7, 11) is 0. The van der Waals surface area contributed by atoms with Gasteiger partial charge in [0, 0.05) is 29.9 Å². The Bertz CT molecular complexity index is 1730. The molecule has 0 amide bonds. The van der Waals surface area contributed by atoms with Gasteiger partial charge in [0.15, 0.2) is 17.6 Å². The normalized spacial score (nSPS) is 22.1. The van der Waals surface area contributed by atoms with Crippen LogP contribution < -0.4 is 4.74 Å². The lowest BCUT2D eigenvalue weighted by Gasteiger charge is -2.15. The minimum atomic E-state index is -0.801. The lowest BCUT2D eigenvalue weighted by molar-refractivity contribution is 0.00706. The second-order valence-corrected chi connectivity index (χ2v) is 11.7. The highest BCUT2D eigenvalue weighted by Gasteiger charge is 2.48. The number of benzene rings is 1. The minimum Gasteiger partial charge on any atom is -0.456 e. The van der Waals surface area contributed by atoms with Gasteiger partial charge in [-0.25, -0.2) is 14.6 Å². The molecule has 12 heteroatoms. The van der Waals surface area contributed by atoms with Crippen LogP contribution in [0.25, 0.3) is 39.4 Å². The average molecular weight is 589 g/mol. The first kappa shape index (κ1) is 27.0. The number of ether oxygens (including phenoxy) is 3. The number of imidazole rings is 1. The third-order valence-electron chi connectivity index (χ3n) is 7.40. The summed E-state index contributed by atoms with van der Waals surface area (Å²) >= 11 is 6.62. The van der Waals surface area contributed by atoms with E-state index in [1.165, 1.54) is 0 Å². The molecule has 1 unspecified atom stereocenters. The fourth-order valence-electron chi connectivity index (χ4n) is 5.43. The number of aliphatic hydroxyl groups is 2. The molecule has 42 heavy (non-hydrogen) atoms. The van der Waals surface area contributed by atoms with Crippen molar-refractivity contribution in [1.82, 2.24) is 29.7 Å². The van der Waals surface area contributed by atoms with Crippen LogP contribution in [-0.2, 0) is 15.9 Å². The van der Waals surface area contributed by atoms with Crippen molar-refractivity contribution in [2.75, 3.05) is 13.2 Å². The smallest absolute Gasteiger partial charge is 0.296 e. The highest BCUT2D eigenvalue weighted by molar-refractivity contribution is 6.33. The van der Waals surface area contributed by atoms with E-state index in [0.29, 0.717) is 46.7 Å². The van der Waals surface area contributed by atoms with Crippen molar-refractivity contribution in [2.24, 2.45) is 0 Å². The maximum atomic E-state index is 10.1. The molecule has 0 aliphatic carbocycles. The van der Waals surface area contributed by atoms with Crippen LogP contribution in [0.2, 0.25) is 5.02 Å². The van der Waals surface area contributed by atoms with Gasteiger partial charge in [0.2, 0.25) is 0 Å². The molecule has 0 spiro atoms.